The van der Waals surface area contributed by atoms with E-state index in [1.807, 2.05) is 4.90 Å². The second-order valence-corrected chi connectivity index (χ2v) is 4.22. The molecule has 0 aliphatic carbocycles. The standard InChI is InChI=1S/C12H12FN3O/c13-10-3-1-2-9-11(10)14-7-15-12(9)16-5-4-8(17)6-16/h1-3,7-8,17H,4-6H2/t8-/m0/s1. The molecule has 0 unspecified atom stereocenters. The Morgan fingerprint density at radius 2 is 2.24 bits per heavy atom. The van der Waals surface area contributed by atoms with E-state index in [0.717, 1.165) is 13.0 Å². The van der Waals surface area contributed by atoms with Crippen molar-refractivity contribution in [1.29, 1.82) is 0 Å². The van der Waals surface area contributed by atoms with E-state index in [2.05, 4.69) is 9.97 Å². The first kappa shape index (κ1) is 10.4. The van der Waals surface area contributed by atoms with Gasteiger partial charge in [-0.05, 0) is 18.6 Å². The smallest absolute Gasteiger partial charge is 0.149 e. The lowest BCUT2D eigenvalue weighted by molar-refractivity contribution is 0.198. The summed E-state index contributed by atoms with van der Waals surface area (Å²) in [6, 6.07) is 4.84. The molecule has 5 heteroatoms. The fraction of sp³-hybridized carbons (Fsp3) is 0.333. The zero-order valence-electron chi connectivity index (χ0n) is 9.17. The van der Waals surface area contributed by atoms with Gasteiger partial charge in [0, 0.05) is 18.5 Å². The summed E-state index contributed by atoms with van der Waals surface area (Å²) in [7, 11) is 0. The third-order valence-electron chi connectivity index (χ3n) is 3.06. The van der Waals surface area contributed by atoms with Crippen LogP contribution in [-0.4, -0.2) is 34.3 Å². The van der Waals surface area contributed by atoms with Gasteiger partial charge in [-0.2, -0.15) is 0 Å². The molecule has 0 amide bonds. The highest BCUT2D eigenvalue weighted by atomic mass is 19.1. The van der Waals surface area contributed by atoms with Crippen molar-refractivity contribution >= 4 is 16.7 Å². The molecular formula is C12H12FN3O. The molecule has 1 aromatic carbocycles. The molecule has 2 aromatic rings. The minimum absolute atomic E-state index is 0.325. The Morgan fingerprint density at radius 1 is 1.35 bits per heavy atom. The van der Waals surface area contributed by atoms with Gasteiger partial charge in [0.05, 0.1) is 6.10 Å². The molecule has 4 nitrogen and oxygen atoms in total. The molecular weight excluding hydrogens is 221 g/mol. The lowest BCUT2D eigenvalue weighted by atomic mass is 10.2. The van der Waals surface area contributed by atoms with Gasteiger partial charge in [-0.1, -0.05) is 6.07 Å². The molecule has 1 saturated heterocycles. The fourth-order valence-corrected chi connectivity index (χ4v) is 2.22. The molecule has 1 aliphatic heterocycles. The van der Waals surface area contributed by atoms with Crippen molar-refractivity contribution in [3.05, 3.63) is 30.3 Å². The normalized spacial score (nSPS) is 20.1. The number of aliphatic hydroxyl groups is 1. The van der Waals surface area contributed by atoms with Gasteiger partial charge in [-0.15, -0.1) is 0 Å². The Morgan fingerprint density at radius 3 is 3.00 bits per heavy atom. The Balaban J connectivity index is 2.13. The van der Waals surface area contributed by atoms with Crippen LogP contribution in [0, 0.1) is 5.82 Å². The number of aromatic nitrogens is 2. The molecule has 1 fully saturated rings. The summed E-state index contributed by atoms with van der Waals surface area (Å²) >= 11 is 0. The van der Waals surface area contributed by atoms with Gasteiger partial charge in [0.15, 0.2) is 0 Å². The van der Waals surface area contributed by atoms with Gasteiger partial charge in [0.1, 0.15) is 23.5 Å². The second kappa shape index (κ2) is 3.92. The Labute approximate surface area is 97.7 Å². The van der Waals surface area contributed by atoms with E-state index in [1.165, 1.54) is 12.4 Å². The highest BCUT2D eigenvalue weighted by molar-refractivity contribution is 5.89. The fourth-order valence-electron chi connectivity index (χ4n) is 2.22. The number of para-hydroxylation sites is 1. The molecule has 0 saturated carbocycles. The Hall–Kier alpha value is -1.75. The zero-order chi connectivity index (χ0) is 11.8. The number of rotatable bonds is 1. The van der Waals surface area contributed by atoms with Crippen LogP contribution in [0.25, 0.3) is 10.9 Å². The first-order valence-electron chi connectivity index (χ1n) is 5.58. The average molecular weight is 233 g/mol. The number of hydrogen-bond acceptors (Lipinski definition) is 4. The van der Waals surface area contributed by atoms with Crippen molar-refractivity contribution in [3.63, 3.8) is 0 Å². The summed E-state index contributed by atoms with van der Waals surface area (Å²) in [6.45, 7) is 1.28. The molecule has 17 heavy (non-hydrogen) atoms. The molecule has 1 aliphatic rings. The van der Waals surface area contributed by atoms with Crippen molar-refractivity contribution in [3.8, 4) is 0 Å². The number of anilines is 1. The largest absolute Gasteiger partial charge is 0.391 e. The van der Waals surface area contributed by atoms with Crippen molar-refractivity contribution < 1.29 is 9.50 Å². The van der Waals surface area contributed by atoms with Crippen LogP contribution in [0.15, 0.2) is 24.5 Å². The van der Waals surface area contributed by atoms with Crippen molar-refractivity contribution in [2.45, 2.75) is 12.5 Å². The van der Waals surface area contributed by atoms with E-state index >= 15 is 0 Å². The molecule has 0 bridgehead atoms. The van der Waals surface area contributed by atoms with Gasteiger partial charge < -0.3 is 10.0 Å². The van der Waals surface area contributed by atoms with E-state index in [1.54, 1.807) is 12.1 Å². The minimum Gasteiger partial charge on any atom is -0.391 e. The van der Waals surface area contributed by atoms with Crippen LogP contribution in [0.2, 0.25) is 0 Å². The molecule has 1 atom stereocenters. The predicted molar refractivity (Wildman–Crippen MR) is 62.3 cm³/mol. The predicted octanol–water partition coefficient (Wildman–Crippen LogP) is 1.34. The highest BCUT2D eigenvalue weighted by Crippen LogP contribution is 2.26. The van der Waals surface area contributed by atoms with Crippen LogP contribution >= 0.6 is 0 Å². The minimum atomic E-state index is -0.342. The molecule has 88 valence electrons. The number of benzene rings is 1. The van der Waals surface area contributed by atoms with E-state index in [9.17, 15) is 9.50 Å². The summed E-state index contributed by atoms with van der Waals surface area (Å²) in [6.07, 6.45) is 1.76. The van der Waals surface area contributed by atoms with Gasteiger partial charge in [0.2, 0.25) is 0 Å². The Bertz CT molecular complexity index is 560. The summed E-state index contributed by atoms with van der Waals surface area (Å²) in [5.41, 5.74) is 0.332. The lowest BCUT2D eigenvalue weighted by Gasteiger charge is -2.18. The number of nitrogens with zero attached hydrogens (tertiary/aromatic N) is 3. The molecule has 0 radical (unpaired) electrons. The van der Waals surface area contributed by atoms with E-state index in [4.69, 9.17) is 0 Å². The van der Waals surface area contributed by atoms with Gasteiger partial charge in [-0.3, -0.25) is 0 Å². The van der Waals surface area contributed by atoms with E-state index in [0.29, 0.717) is 23.3 Å². The molecule has 2 heterocycles. The Kier molecular flexibility index (Phi) is 2.40. The van der Waals surface area contributed by atoms with E-state index in [-0.39, 0.29) is 11.9 Å². The molecule has 1 N–H and O–H groups in total. The number of fused-ring (bicyclic) bond motifs is 1. The van der Waals surface area contributed by atoms with Gasteiger partial charge in [0.25, 0.3) is 0 Å². The maximum atomic E-state index is 13.6. The zero-order valence-corrected chi connectivity index (χ0v) is 9.17. The number of aliphatic hydroxyl groups excluding tert-OH is 1. The molecule has 3 rings (SSSR count). The topological polar surface area (TPSA) is 49.2 Å². The highest BCUT2D eigenvalue weighted by Gasteiger charge is 2.23. The first-order chi connectivity index (χ1) is 8.25. The van der Waals surface area contributed by atoms with Crippen molar-refractivity contribution in [1.82, 2.24) is 9.97 Å². The van der Waals surface area contributed by atoms with Crippen LogP contribution < -0.4 is 4.90 Å². The van der Waals surface area contributed by atoms with Crippen molar-refractivity contribution in [2.24, 2.45) is 0 Å². The van der Waals surface area contributed by atoms with E-state index < -0.39 is 0 Å². The van der Waals surface area contributed by atoms with Crippen molar-refractivity contribution in [2.75, 3.05) is 18.0 Å². The maximum Gasteiger partial charge on any atom is 0.149 e. The average Bonchev–Trinajstić information content (AvgIpc) is 2.76. The third kappa shape index (κ3) is 1.72. The summed E-state index contributed by atoms with van der Waals surface area (Å²) < 4.78 is 13.6. The SMILES string of the molecule is O[C@H]1CCN(c2ncnc3c(F)cccc23)C1. The maximum absolute atomic E-state index is 13.6. The first-order valence-corrected chi connectivity index (χ1v) is 5.58. The van der Waals surface area contributed by atoms with Gasteiger partial charge >= 0.3 is 0 Å². The summed E-state index contributed by atoms with van der Waals surface area (Å²) in [5, 5.41) is 10.2. The van der Waals surface area contributed by atoms with Crippen LogP contribution in [0.1, 0.15) is 6.42 Å². The van der Waals surface area contributed by atoms with Crippen LogP contribution in [0.3, 0.4) is 0 Å². The lowest BCUT2D eigenvalue weighted by Crippen LogP contribution is -2.22. The monoisotopic (exact) mass is 233 g/mol. The summed E-state index contributed by atoms with van der Waals surface area (Å²) in [5.74, 6) is 0.358. The van der Waals surface area contributed by atoms with Crippen LogP contribution in [0.5, 0.6) is 0 Å². The quantitative estimate of drug-likeness (QED) is 0.807. The number of β-amino-alcohol motifs (C(OH)–C–C–N with tert-alkyl or cyclic N) is 1. The molecule has 1 aromatic heterocycles. The third-order valence-corrected chi connectivity index (χ3v) is 3.06. The number of hydrogen-bond donors (Lipinski definition) is 1. The molecule has 0 spiro atoms. The van der Waals surface area contributed by atoms with Crippen LogP contribution in [-0.2, 0) is 0 Å². The second-order valence-electron chi connectivity index (χ2n) is 4.22. The van der Waals surface area contributed by atoms with Gasteiger partial charge in [-0.25, -0.2) is 14.4 Å². The van der Waals surface area contributed by atoms with Crippen LogP contribution in [0.4, 0.5) is 10.2 Å². The number of halogens is 1. The summed E-state index contributed by atoms with van der Waals surface area (Å²) in [4.78, 5) is 10.1.